The van der Waals surface area contributed by atoms with Gasteiger partial charge in [0, 0.05) is 6.04 Å². The average molecular weight is 167 g/mol. The summed E-state index contributed by atoms with van der Waals surface area (Å²) in [5, 5.41) is 0. The second kappa shape index (κ2) is 3.37. The molecule has 2 aliphatic carbocycles. The van der Waals surface area contributed by atoms with Crippen LogP contribution in [0.15, 0.2) is 0 Å². The number of fused-ring (bicyclic) bond motifs is 1. The number of hydrogen-bond acceptors (Lipinski definition) is 1. The van der Waals surface area contributed by atoms with E-state index in [1.54, 1.807) is 0 Å². The van der Waals surface area contributed by atoms with Crippen molar-refractivity contribution < 1.29 is 0 Å². The fourth-order valence-corrected chi connectivity index (χ4v) is 3.20. The molecule has 2 N–H and O–H groups in total. The number of nitrogens with two attached hydrogens (primary N) is 1. The highest BCUT2D eigenvalue weighted by atomic mass is 14.7. The maximum absolute atomic E-state index is 6.10. The molecular weight excluding hydrogens is 146 g/mol. The van der Waals surface area contributed by atoms with Gasteiger partial charge in [0.25, 0.3) is 0 Å². The van der Waals surface area contributed by atoms with Crippen molar-refractivity contribution >= 4 is 0 Å². The minimum atomic E-state index is 0.535. The highest BCUT2D eigenvalue weighted by molar-refractivity contribution is 4.97. The van der Waals surface area contributed by atoms with Crippen molar-refractivity contribution in [3.63, 3.8) is 0 Å². The van der Waals surface area contributed by atoms with Gasteiger partial charge in [-0.25, -0.2) is 0 Å². The molecule has 2 aliphatic rings. The first-order valence-electron chi connectivity index (χ1n) is 5.56. The highest BCUT2D eigenvalue weighted by Crippen LogP contribution is 2.46. The summed E-state index contributed by atoms with van der Waals surface area (Å²) in [5.41, 5.74) is 6.10. The van der Waals surface area contributed by atoms with E-state index in [0.29, 0.717) is 6.04 Å². The first-order valence-corrected chi connectivity index (χ1v) is 5.56. The largest absolute Gasteiger partial charge is 0.327 e. The summed E-state index contributed by atoms with van der Waals surface area (Å²) in [4.78, 5) is 0. The Hall–Kier alpha value is -0.0400. The molecule has 0 amide bonds. The monoisotopic (exact) mass is 167 g/mol. The highest BCUT2D eigenvalue weighted by Gasteiger charge is 2.44. The first kappa shape index (κ1) is 8.55. The quantitative estimate of drug-likeness (QED) is 0.589. The smallest absolute Gasteiger partial charge is 0.00985 e. The molecule has 0 aromatic heterocycles. The first-order chi connectivity index (χ1) is 5.80. The van der Waals surface area contributed by atoms with Crippen molar-refractivity contribution in [2.45, 2.75) is 51.5 Å². The van der Waals surface area contributed by atoms with Gasteiger partial charge in [0.15, 0.2) is 0 Å². The summed E-state index contributed by atoms with van der Waals surface area (Å²) in [5.74, 6) is 2.69. The summed E-state index contributed by atoms with van der Waals surface area (Å²) < 4.78 is 0. The molecule has 0 spiro atoms. The average Bonchev–Trinajstić information content (AvgIpc) is 2.04. The Balaban J connectivity index is 1.93. The van der Waals surface area contributed by atoms with Gasteiger partial charge in [-0.2, -0.15) is 0 Å². The molecule has 12 heavy (non-hydrogen) atoms. The van der Waals surface area contributed by atoms with Crippen LogP contribution in [0.2, 0.25) is 0 Å². The van der Waals surface area contributed by atoms with Gasteiger partial charge in [0.2, 0.25) is 0 Å². The predicted octanol–water partition coefficient (Wildman–Crippen LogP) is 2.55. The maximum Gasteiger partial charge on any atom is 0.00985 e. The molecule has 0 radical (unpaired) electrons. The Bertz CT molecular complexity index is 137. The van der Waals surface area contributed by atoms with Crippen molar-refractivity contribution in [3.8, 4) is 0 Å². The van der Waals surface area contributed by atoms with E-state index in [9.17, 15) is 0 Å². The third kappa shape index (κ3) is 1.28. The van der Waals surface area contributed by atoms with E-state index in [0.717, 1.165) is 17.8 Å². The zero-order valence-corrected chi connectivity index (χ0v) is 8.13. The second-order valence-corrected chi connectivity index (χ2v) is 4.76. The molecule has 0 aromatic carbocycles. The second-order valence-electron chi connectivity index (χ2n) is 4.76. The lowest BCUT2D eigenvalue weighted by atomic mass is 9.58. The topological polar surface area (TPSA) is 26.0 Å². The molecule has 0 aliphatic heterocycles. The van der Waals surface area contributed by atoms with Crippen LogP contribution < -0.4 is 5.73 Å². The molecule has 1 heteroatoms. The molecule has 4 atom stereocenters. The molecule has 0 bridgehead atoms. The van der Waals surface area contributed by atoms with Crippen LogP contribution in [-0.2, 0) is 0 Å². The van der Waals surface area contributed by atoms with E-state index in [2.05, 4.69) is 6.92 Å². The lowest BCUT2D eigenvalue weighted by Gasteiger charge is -2.50. The standard InChI is InChI=1S/C11H21N/c1-8-9-6-4-2-3-5-7-10(9)11(8)12/h8-11H,2-7,12H2,1H3. The summed E-state index contributed by atoms with van der Waals surface area (Å²) >= 11 is 0. The van der Waals surface area contributed by atoms with Gasteiger partial charge in [0.1, 0.15) is 0 Å². The fourth-order valence-electron chi connectivity index (χ4n) is 3.20. The third-order valence-corrected chi connectivity index (χ3v) is 4.15. The summed E-state index contributed by atoms with van der Waals surface area (Å²) in [6, 6.07) is 0.535. The van der Waals surface area contributed by atoms with Gasteiger partial charge in [-0.1, -0.05) is 32.6 Å². The Morgan fingerprint density at radius 3 is 2.17 bits per heavy atom. The van der Waals surface area contributed by atoms with Gasteiger partial charge in [-0.15, -0.1) is 0 Å². The lowest BCUT2D eigenvalue weighted by molar-refractivity contribution is 0.0264. The van der Waals surface area contributed by atoms with E-state index in [-0.39, 0.29) is 0 Å². The van der Waals surface area contributed by atoms with Gasteiger partial charge < -0.3 is 5.73 Å². The van der Waals surface area contributed by atoms with E-state index in [4.69, 9.17) is 5.73 Å². The third-order valence-electron chi connectivity index (χ3n) is 4.15. The van der Waals surface area contributed by atoms with Gasteiger partial charge in [-0.05, 0) is 30.6 Å². The Morgan fingerprint density at radius 1 is 0.917 bits per heavy atom. The summed E-state index contributed by atoms with van der Waals surface area (Å²) in [7, 11) is 0. The van der Waals surface area contributed by atoms with Crippen molar-refractivity contribution in [1.29, 1.82) is 0 Å². The lowest BCUT2D eigenvalue weighted by Crippen LogP contribution is -2.55. The van der Waals surface area contributed by atoms with Crippen molar-refractivity contribution in [2.75, 3.05) is 0 Å². The minimum Gasteiger partial charge on any atom is -0.327 e. The van der Waals surface area contributed by atoms with Crippen LogP contribution in [0.3, 0.4) is 0 Å². The predicted molar refractivity (Wildman–Crippen MR) is 51.8 cm³/mol. The zero-order valence-electron chi connectivity index (χ0n) is 8.13. The number of hydrogen-bond donors (Lipinski definition) is 1. The van der Waals surface area contributed by atoms with E-state index < -0.39 is 0 Å². The van der Waals surface area contributed by atoms with E-state index in [1.165, 1.54) is 38.5 Å². The fraction of sp³-hybridized carbons (Fsp3) is 1.00. The van der Waals surface area contributed by atoms with Crippen molar-refractivity contribution in [2.24, 2.45) is 23.5 Å². The van der Waals surface area contributed by atoms with Crippen molar-refractivity contribution in [3.05, 3.63) is 0 Å². The molecule has 70 valence electrons. The molecule has 2 fully saturated rings. The van der Waals surface area contributed by atoms with Gasteiger partial charge in [-0.3, -0.25) is 0 Å². The molecule has 2 rings (SSSR count). The van der Waals surface area contributed by atoms with E-state index >= 15 is 0 Å². The molecule has 1 nitrogen and oxygen atoms in total. The summed E-state index contributed by atoms with van der Waals surface area (Å²) in [6.07, 6.45) is 8.67. The van der Waals surface area contributed by atoms with Crippen LogP contribution in [0.5, 0.6) is 0 Å². The molecule has 2 saturated carbocycles. The number of rotatable bonds is 0. The van der Waals surface area contributed by atoms with Gasteiger partial charge in [0.05, 0.1) is 0 Å². The van der Waals surface area contributed by atoms with Crippen LogP contribution in [0.4, 0.5) is 0 Å². The van der Waals surface area contributed by atoms with Crippen LogP contribution in [0.1, 0.15) is 45.4 Å². The zero-order chi connectivity index (χ0) is 8.55. The summed E-state index contributed by atoms with van der Waals surface area (Å²) in [6.45, 7) is 2.34. The molecule has 0 heterocycles. The van der Waals surface area contributed by atoms with Crippen molar-refractivity contribution in [1.82, 2.24) is 0 Å². The molecule has 0 aromatic rings. The van der Waals surface area contributed by atoms with Crippen LogP contribution in [-0.4, -0.2) is 6.04 Å². The normalized spacial score (nSPS) is 48.5. The van der Waals surface area contributed by atoms with Crippen LogP contribution in [0.25, 0.3) is 0 Å². The van der Waals surface area contributed by atoms with E-state index in [1.807, 2.05) is 0 Å². The SMILES string of the molecule is CC1C(N)C2CCCCCCC12. The molecule has 0 saturated heterocycles. The Labute approximate surface area is 75.7 Å². The Kier molecular flexibility index (Phi) is 2.40. The molecule has 4 unspecified atom stereocenters. The molecular formula is C11H21N. The maximum atomic E-state index is 6.10. The van der Waals surface area contributed by atoms with Crippen LogP contribution in [0, 0.1) is 17.8 Å². The van der Waals surface area contributed by atoms with Crippen LogP contribution >= 0.6 is 0 Å². The minimum absolute atomic E-state index is 0.535. The Morgan fingerprint density at radius 2 is 1.50 bits per heavy atom. The van der Waals surface area contributed by atoms with Gasteiger partial charge >= 0.3 is 0 Å².